The van der Waals surface area contributed by atoms with E-state index in [1.807, 2.05) is 11.0 Å². The van der Waals surface area contributed by atoms with Gasteiger partial charge in [-0.1, -0.05) is 59.6 Å². The van der Waals surface area contributed by atoms with Crippen LogP contribution in [0.5, 0.6) is 0 Å². The lowest BCUT2D eigenvalue weighted by atomic mass is 10.0. The van der Waals surface area contributed by atoms with Crippen LogP contribution >= 0.6 is 23.2 Å². The van der Waals surface area contributed by atoms with E-state index in [1.54, 1.807) is 24.3 Å². The average Bonchev–Trinajstić information content (AvgIpc) is 2.98. The Morgan fingerprint density at radius 2 is 1.43 bits per heavy atom. The summed E-state index contributed by atoms with van der Waals surface area (Å²) in [6.45, 7) is 4.01. The number of anilines is 1. The topological polar surface area (TPSA) is 104 Å². The molecular weight excluding hydrogens is 621 g/mol. The van der Waals surface area contributed by atoms with Crippen molar-refractivity contribution in [2.45, 2.75) is 29.2 Å². The van der Waals surface area contributed by atoms with Crippen LogP contribution in [0, 0.1) is 5.92 Å². The second-order valence-corrected chi connectivity index (χ2v) is 14.8. The molecule has 9 nitrogen and oxygen atoms in total. The van der Waals surface area contributed by atoms with E-state index >= 15 is 0 Å². The van der Waals surface area contributed by atoms with E-state index in [1.165, 1.54) is 42.5 Å². The van der Waals surface area contributed by atoms with E-state index in [9.17, 15) is 21.6 Å². The SMILES string of the molecule is O=C(C1CCCOC1)N1CCN(Cc2cccc(N(S(=O)(=O)c3ccccc3Cl)S(=O)(=O)c3ccccc3Cl)c2)CC1. The predicted molar refractivity (Wildman–Crippen MR) is 162 cm³/mol. The molecule has 42 heavy (non-hydrogen) atoms. The number of hydrogen-bond donors (Lipinski definition) is 0. The van der Waals surface area contributed by atoms with Gasteiger partial charge in [0.05, 0.1) is 28.3 Å². The van der Waals surface area contributed by atoms with Gasteiger partial charge >= 0.3 is 0 Å². The molecule has 0 radical (unpaired) electrons. The van der Waals surface area contributed by atoms with Gasteiger partial charge in [-0.3, -0.25) is 9.69 Å². The molecule has 0 saturated carbocycles. The summed E-state index contributed by atoms with van der Waals surface area (Å²) in [6.07, 6.45) is 1.73. The molecule has 1 amide bonds. The molecule has 0 N–H and O–H groups in total. The van der Waals surface area contributed by atoms with Crippen LogP contribution in [-0.4, -0.2) is 71.9 Å². The van der Waals surface area contributed by atoms with E-state index in [-0.39, 0.29) is 37.3 Å². The third kappa shape index (κ3) is 6.46. The Morgan fingerprint density at radius 3 is 1.98 bits per heavy atom. The molecule has 224 valence electrons. The average molecular weight is 653 g/mol. The van der Waals surface area contributed by atoms with Crippen molar-refractivity contribution < 1.29 is 26.4 Å². The number of ether oxygens (including phenoxy) is 1. The number of piperazine rings is 1. The van der Waals surface area contributed by atoms with Gasteiger partial charge in [0, 0.05) is 39.3 Å². The quantitative estimate of drug-likeness (QED) is 0.349. The Morgan fingerprint density at radius 1 is 0.833 bits per heavy atom. The summed E-state index contributed by atoms with van der Waals surface area (Å²) >= 11 is 12.5. The zero-order valence-electron chi connectivity index (χ0n) is 22.7. The molecule has 2 saturated heterocycles. The highest BCUT2D eigenvalue weighted by Gasteiger charge is 2.39. The first kappa shape index (κ1) is 30.8. The number of halogens is 2. The lowest BCUT2D eigenvalue weighted by molar-refractivity contribution is -0.141. The molecule has 2 aliphatic heterocycles. The Balaban J connectivity index is 1.42. The van der Waals surface area contributed by atoms with Crippen molar-refractivity contribution in [3.05, 3.63) is 88.4 Å². The molecule has 5 rings (SSSR count). The molecule has 0 aliphatic carbocycles. The fourth-order valence-electron chi connectivity index (χ4n) is 5.24. The summed E-state index contributed by atoms with van der Waals surface area (Å²) in [5, 5.41) is -0.222. The Bertz CT molecular complexity index is 1580. The molecule has 2 heterocycles. The van der Waals surface area contributed by atoms with E-state index in [0.717, 1.165) is 12.8 Å². The zero-order chi connectivity index (χ0) is 29.9. The monoisotopic (exact) mass is 651 g/mol. The number of rotatable bonds is 8. The van der Waals surface area contributed by atoms with Crippen molar-refractivity contribution in [3.8, 4) is 0 Å². The van der Waals surface area contributed by atoms with Crippen LogP contribution < -0.4 is 3.71 Å². The van der Waals surface area contributed by atoms with Gasteiger partial charge in [0.1, 0.15) is 9.79 Å². The third-order valence-electron chi connectivity index (χ3n) is 7.39. The number of nitrogens with zero attached hydrogens (tertiary/aromatic N) is 3. The van der Waals surface area contributed by atoms with Gasteiger partial charge in [-0.2, -0.15) is 20.5 Å². The van der Waals surface area contributed by atoms with Gasteiger partial charge in [0.2, 0.25) is 5.91 Å². The highest BCUT2D eigenvalue weighted by Crippen LogP contribution is 2.36. The summed E-state index contributed by atoms with van der Waals surface area (Å²) < 4.78 is 61.8. The van der Waals surface area contributed by atoms with E-state index < -0.39 is 20.0 Å². The standard InChI is InChI=1S/C29H31Cl2N3O6S2/c30-25-10-1-3-12-27(25)41(36,37)34(42(38,39)28-13-4-2-11-26(28)31)24-9-5-7-22(19-24)20-32-14-16-33(17-15-32)29(35)23-8-6-18-40-21-23/h1-5,7,9-13,19,23H,6,8,14-18,20-21H2. The maximum Gasteiger partial charge on any atom is 0.279 e. The van der Waals surface area contributed by atoms with Gasteiger partial charge < -0.3 is 9.64 Å². The molecule has 1 unspecified atom stereocenters. The van der Waals surface area contributed by atoms with Gasteiger partial charge in [-0.15, -0.1) is 0 Å². The van der Waals surface area contributed by atoms with E-state index in [2.05, 4.69) is 4.90 Å². The van der Waals surface area contributed by atoms with Crippen LogP contribution in [0.25, 0.3) is 0 Å². The number of carbonyl (C=O) groups excluding carboxylic acids is 1. The molecule has 3 aromatic rings. The van der Waals surface area contributed by atoms with E-state index in [0.29, 0.717) is 55.2 Å². The van der Waals surface area contributed by atoms with Crippen LogP contribution in [-0.2, 0) is 36.1 Å². The molecule has 13 heteroatoms. The summed E-state index contributed by atoms with van der Waals surface area (Å²) in [6, 6.07) is 17.8. The molecular formula is C29H31Cl2N3O6S2. The Kier molecular flexibility index (Phi) is 9.46. The predicted octanol–water partition coefficient (Wildman–Crippen LogP) is 4.65. The van der Waals surface area contributed by atoms with Crippen molar-refractivity contribution in [1.82, 2.24) is 9.80 Å². The maximum atomic E-state index is 14.0. The second-order valence-electron chi connectivity index (χ2n) is 10.3. The fraction of sp³-hybridized carbons (Fsp3) is 0.345. The fourth-order valence-corrected chi connectivity index (χ4v) is 9.88. The highest BCUT2D eigenvalue weighted by molar-refractivity contribution is 8.10. The minimum Gasteiger partial charge on any atom is -0.381 e. The zero-order valence-corrected chi connectivity index (χ0v) is 25.9. The lowest BCUT2D eigenvalue weighted by Gasteiger charge is -2.37. The van der Waals surface area contributed by atoms with Crippen molar-refractivity contribution >= 4 is 54.8 Å². The van der Waals surface area contributed by atoms with Crippen molar-refractivity contribution in [2.24, 2.45) is 5.92 Å². The normalized spacial score (nSPS) is 18.5. The Hall–Kier alpha value is -2.67. The second kappa shape index (κ2) is 12.9. The number of amides is 1. The van der Waals surface area contributed by atoms with Crippen LogP contribution in [0.4, 0.5) is 5.69 Å². The molecule has 3 aromatic carbocycles. The van der Waals surface area contributed by atoms with E-state index in [4.69, 9.17) is 27.9 Å². The van der Waals surface area contributed by atoms with Crippen LogP contribution in [0.1, 0.15) is 18.4 Å². The van der Waals surface area contributed by atoms with Gasteiger partial charge in [0.25, 0.3) is 20.0 Å². The van der Waals surface area contributed by atoms with Crippen LogP contribution in [0.3, 0.4) is 0 Å². The Labute approximate surface area is 256 Å². The summed E-state index contributed by atoms with van der Waals surface area (Å²) in [4.78, 5) is 16.2. The molecule has 0 aromatic heterocycles. The number of sulfonamides is 2. The molecule has 0 spiro atoms. The minimum absolute atomic E-state index is 0.0709. The van der Waals surface area contributed by atoms with Crippen molar-refractivity contribution in [2.75, 3.05) is 43.1 Å². The summed E-state index contributed by atoms with van der Waals surface area (Å²) in [7, 11) is -9.40. The number of hydrogen-bond acceptors (Lipinski definition) is 7. The third-order valence-corrected chi connectivity index (χ3v) is 12.6. The van der Waals surface area contributed by atoms with Gasteiger partial charge in [-0.25, -0.2) is 0 Å². The smallest absolute Gasteiger partial charge is 0.279 e. The maximum absolute atomic E-state index is 14.0. The molecule has 0 bridgehead atoms. The summed E-state index contributed by atoms with van der Waals surface area (Å²) in [5.74, 6) is 0.0367. The molecule has 1 atom stereocenters. The van der Waals surface area contributed by atoms with Gasteiger partial charge in [0.15, 0.2) is 0 Å². The van der Waals surface area contributed by atoms with Crippen LogP contribution in [0.15, 0.2) is 82.6 Å². The first-order chi connectivity index (χ1) is 20.1. The van der Waals surface area contributed by atoms with Crippen LogP contribution in [0.2, 0.25) is 10.0 Å². The van der Waals surface area contributed by atoms with Gasteiger partial charge in [-0.05, 0) is 54.8 Å². The highest BCUT2D eigenvalue weighted by atomic mass is 35.5. The largest absolute Gasteiger partial charge is 0.381 e. The number of carbonyl (C=O) groups is 1. The minimum atomic E-state index is -4.70. The molecule has 2 fully saturated rings. The lowest BCUT2D eigenvalue weighted by Crippen LogP contribution is -2.50. The van der Waals surface area contributed by atoms with Crippen molar-refractivity contribution in [3.63, 3.8) is 0 Å². The molecule has 2 aliphatic rings. The first-order valence-electron chi connectivity index (χ1n) is 13.6. The summed E-state index contributed by atoms with van der Waals surface area (Å²) in [5.41, 5.74) is 0.639. The number of benzene rings is 3. The van der Waals surface area contributed by atoms with Crippen molar-refractivity contribution in [1.29, 1.82) is 0 Å². The first-order valence-corrected chi connectivity index (χ1v) is 17.2.